The highest BCUT2D eigenvalue weighted by Crippen LogP contribution is 2.38. The molecule has 0 spiro atoms. The first-order chi connectivity index (χ1) is 4.96. The predicted octanol–water partition coefficient (Wildman–Crippen LogP) is 3.92. The first-order valence-electron chi connectivity index (χ1n) is 4.79. The van der Waals surface area contributed by atoms with Crippen LogP contribution < -0.4 is 0 Å². The van der Waals surface area contributed by atoms with Crippen LogP contribution in [-0.4, -0.2) is 0 Å². The Labute approximate surface area is 72.4 Å². The lowest BCUT2D eigenvalue weighted by Crippen LogP contribution is -2.28. The second-order valence-electron chi connectivity index (χ2n) is 4.24. The topological polar surface area (TPSA) is 0 Å². The van der Waals surface area contributed by atoms with Crippen molar-refractivity contribution in [2.75, 3.05) is 0 Å². The molecule has 0 aliphatic rings. The lowest BCUT2D eigenvalue weighted by atomic mass is 9.69. The Morgan fingerprint density at radius 1 is 1.18 bits per heavy atom. The Kier molecular flexibility index (Phi) is 4.13. The maximum Gasteiger partial charge on any atom is -0.0300 e. The monoisotopic (exact) mass is 155 g/mol. The maximum atomic E-state index is 4.13. The molecular formula is C11H23. The molecule has 0 aromatic carbocycles. The fourth-order valence-corrected chi connectivity index (χ4v) is 1.74. The van der Waals surface area contributed by atoms with Crippen LogP contribution in [0.2, 0.25) is 0 Å². The molecule has 0 fully saturated rings. The third-order valence-corrected chi connectivity index (χ3v) is 3.31. The summed E-state index contributed by atoms with van der Waals surface area (Å²) in [7, 11) is 0. The Balaban J connectivity index is 4.24. The van der Waals surface area contributed by atoms with Gasteiger partial charge in [-0.15, -0.1) is 0 Å². The van der Waals surface area contributed by atoms with Crippen molar-refractivity contribution >= 4 is 0 Å². The van der Waals surface area contributed by atoms with Crippen LogP contribution in [0.1, 0.15) is 47.5 Å². The van der Waals surface area contributed by atoms with Gasteiger partial charge in [-0.25, -0.2) is 0 Å². The van der Waals surface area contributed by atoms with Gasteiger partial charge in [-0.3, -0.25) is 0 Å². The van der Waals surface area contributed by atoms with E-state index in [4.69, 9.17) is 0 Å². The zero-order valence-electron chi connectivity index (χ0n) is 8.78. The van der Waals surface area contributed by atoms with Crippen LogP contribution in [0.4, 0.5) is 0 Å². The first kappa shape index (κ1) is 11.0. The molecule has 0 N–H and O–H groups in total. The van der Waals surface area contributed by atoms with Crippen molar-refractivity contribution in [1.82, 2.24) is 0 Å². The summed E-state index contributed by atoms with van der Waals surface area (Å²) in [5.74, 6) is 1.38. The maximum absolute atomic E-state index is 4.13. The van der Waals surface area contributed by atoms with Crippen molar-refractivity contribution in [1.29, 1.82) is 0 Å². The second-order valence-corrected chi connectivity index (χ2v) is 4.24. The van der Waals surface area contributed by atoms with Gasteiger partial charge in [-0.2, -0.15) is 0 Å². The van der Waals surface area contributed by atoms with Gasteiger partial charge < -0.3 is 0 Å². The Morgan fingerprint density at radius 3 is 1.64 bits per heavy atom. The molecule has 0 aromatic heterocycles. The Bertz CT molecular complexity index is 96.6. The number of hydrogen-bond donors (Lipinski definition) is 0. The summed E-state index contributed by atoms with van der Waals surface area (Å²) >= 11 is 0. The molecule has 11 heavy (non-hydrogen) atoms. The normalized spacial score (nSPS) is 13.1. The molecule has 1 radical (unpaired) electrons. The summed E-state index contributed by atoms with van der Waals surface area (Å²) in [4.78, 5) is 0. The van der Waals surface area contributed by atoms with Gasteiger partial charge in [0.2, 0.25) is 0 Å². The molecule has 1 atom stereocenters. The van der Waals surface area contributed by atoms with Crippen molar-refractivity contribution < 1.29 is 0 Å². The molecular weight excluding hydrogens is 132 g/mol. The molecule has 0 aromatic rings. The third kappa shape index (κ3) is 2.50. The van der Waals surface area contributed by atoms with Crippen LogP contribution >= 0.6 is 0 Å². The molecule has 0 aliphatic carbocycles. The van der Waals surface area contributed by atoms with E-state index in [1.165, 1.54) is 12.8 Å². The van der Waals surface area contributed by atoms with Crippen molar-refractivity contribution in [3.63, 3.8) is 0 Å². The zero-order valence-corrected chi connectivity index (χ0v) is 8.78. The lowest BCUT2D eigenvalue weighted by Gasteiger charge is -2.37. The molecule has 0 rings (SSSR count). The van der Waals surface area contributed by atoms with E-state index in [0.717, 1.165) is 5.92 Å². The predicted molar refractivity (Wildman–Crippen MR) is 52.4 cm³/mol. The highest BCUT2D eigenvalue weighted by Gasteiger charge is 2.29. The van der Waals surface area contributed by atoms with Gasteiger partial charge in [0.1, 0.15) is 0 Å². The quantitative estimate of drug-likeness (QED) is 0.577. The van der Waals surface area contributed by atoms with Crippen molar-refractivity contribution in [2.45, 2.75) is 47.5 Å². The molecule has 0 amide bonds. The van der Waals surface area contributed by atoms with Crippen LogP contribution in [0, 0.1) is 24.2 Å². The largest absolute Gasteiger partial charge is 0.0651 e. The molecule has 0 heteroatoms. The van der Waals surface area contributed by atoms with Gasteiger partial charge >= 0.3 is 0 Å². The fourth-order valence-electron chi connectivity index (χ4n) is 1.74. The van der Waals surface area contributed by atoms with E-state index in [1.807, 2.05) is 0 Å². The minimum atomic E-state index is 0.406. The third-order valence-electron chi connectivity index (χ3n) is 3.31. The zero-order chi connectivity index (χ0) is 9.07. The van der Waals surface area contributed by atoms with Crippen LogP contribution in [-0.2, 0) is 0 Å². The summed E-state index contributed by atoms with van der Waals surface area (Å²) in [5, 5.41) is 0. The van der Waals surface area contributed by atoms with E-state index < -0.39 is 0 Å². The highest BCUT2D eigenvalue weighted by atomic mass is 14.3. The summed E-state index contributed by atoms with van der Waals surface area (Å²) in [6.07, 6.45) is 2.56. The molecule has 0 aliphatic heterocycles. The molecule has 0 bridgehead atoms. The number of rotatable bonds is 4. The molecule has 0 saturated heterocycles. The molecule has 0 heterocycles. The minimum absolute atomic E-state index is 0.406. The van der Waals surface area contributed by atoms with Crippen LogP contribution in [0.5, 0.6) is 0 Å². The summed E-state index contributed by atoms with van der Waals surface area (Å²) < 4.78 is 0. The summed E-state index contributed by atoms with van der Waals surface area (Å²) in [6, 6.07) is 0. The standard InChI is InChI=1S/C11H23/c1-7-10(8-2)11(5,6)9(3)4/h9-10H,3,7-8H2,1-2,4-6H3. The smallest absolute Gasteiger partial charge is 0.0300 e. The van der Waals surface area contributed by atoms with E-state index in [1.54, 1.807) is 0 Å². The Hall–Kier alpha value is 0. The van der Waals surface area contributed by atoms with Gasteiger partial charge in [-0.05, 0) is 24.2 Å². The van der Waals surface area contributed by atoms with Crippen LogP contribution in [0.15, 0.2) is 0 Å². The SMILES string of the molecule is [CH2]C(C)C(C)(C)C(CC)CC. The van der Waals surface area contributed by atoms with Gasteiger partial charge in [0.05, 0.1) is 0 Å². The van der Waals surface area contributed by atoms with Gasteiger partial charge in [0.25, 0.3) is 0 Å². The minimum Gasteiger partial charge on any atom is -0.0651 e. The van der Waals surface area contributed by atoms with Crippen molar-refractivity contribution in [3.05, 3.63) is 6.92 Å². The first-order valence-corrected chi connectivity index (χ1v) is 4.79. The average molecular weight is 155 g/mol. The lowest BCUT2D eigenvalue weighted by molar-refractivity contribution is 0.144. The average Bonchev–Trinajstić information content (AvgIpc) is 1.89. The summed E-state index contributed by atoms with van der Waals surface area (Å²) in [6.45, 7) is 15.6. The van der Waals surface area contributed by atoms with Crippen LogP contribution in [0.25, 0.3) is 0 Å². The molecule has 67 valence electrons. The van der Waals surface area contributed by atoms with Crippen LogP contribution in [0.3, 0.4) is 0 Å². The summed E-state index contributed by atoms with van der Waals surface area (Å²) in [5.41, 5.74) is 0.406. The van der Waals surface area contributed by atoms with Gasteiger partial charge in [-0.1, -0.05) is 47.5 Å². The van der Waals surface area contributed by atoms with Gasteiger partial charge in [0, 0.05) is 0 Å². The van der Waals surface area contributed by atoms with Crippen molar-refractivity contribution in [2.24, 2.45) is 17.3 Å². The number of hydrogen-bond acceptors (Lipinski definition) is 0. The van der Waals surface area contributed by atoms with E-state index in [9.17, 15) is 0 Å². The molecule has 1 unspecified atom stereocenters. The molecule has 0 nitrogen and oxygen atoms in total. The Morgan fingerprint density at radius 2 is 1.55 bits per heavy atom. The fraction of sp³-hybridized carbons (Fsp3) is 0.909. The van der Waals surface area contributed by atoms with Gasteiger partial charge in [0.15, 0.2) is 0 Å². The van der Waals surface area contributed by atoms with Crippen molar-refractivity contribution in [3.8, 4) is 0 Å². The van der Waals surface area contributed by atoms with E-state index in [0.29, 0.717) is 11.3 Å². The molecule has 0 saturated carbocycles. The van der Waals surface area contributed by atoms with E-state index in [2.05, 4.69) is 41.5 Å². The van der Waals surface area contributed by atoms with E-state index in [-0.39, 0.29) is 0 Å². The second kappa shape index (κ2) is 4.13. The highest BCUT2D eigenvalue weighted by molar-refractivity contribution is 4.82. The van der Waals surface area contributed by atoms with E-state index >= 15 is 0 Å².